The average Bonchev–Trinajstić information content (AvgIpc) is 2.53. The first-order valence-electron chi connectivity index (χ1n) is 7.49. The zero-order valence-electron chi connectivity index (χ0n) is 12.3. The molecule has 1 fully saturated rings. The van der Waals surface area contributed by atoms with Gasteiger partial charge in [-0.15, -0.1) is 0 Å². The summed E-state index contributed by atoms with van der Waals surface area (Å²) >= 11 is 0. The molecule has 2 aliphatic heterocycles. The Hall–Kier alpha value is -1.10. The highest BCUT2D eigenvalue weighted by atomic mass is 16.5. The largest absolute Gasteiger partial charge is 0.492 e. The third-order valence-electron chi connectivity index (χ3n) is 4.57. The predicted molar refractivity (Wildman–Crippen MR) is 79.1 cm³/mol. The molecule has 1 saturated heterocycles. The first kappa shape index (κ1) is 13.9. The maximum Gasteiger partial charge on any atom is 0.124 e. The lowest BCUT2D eigenvalue weighted by molar-refractivity contribution is -0.00752. The molecule has 0 amide bonds. The van der Waals surface area contributed by atoms with E-state index >= 15 is 0 Å². The van der Waals surface area contributed by atoms with Crippen LogP contribution in [0, 0.1) is 0 Å². The Morgan fingerprint density at radius 2 is 2.20 bits per heavy atom. The van der Waals surface area contributed by atoms with Gasteiger partial charge in [-0.2, -0.15) is 0 Å². The molecule has 3 atom stereocenters. The maximum atomic E-state index is 5.97. The van der Waals surface area contributed by atoms with Gasteiger partial charge in [-0.05, 0) is 32.5 Å². The molecule has 3 unspecified atom stereocenters. The van der Waals surface area contributed by atoms with Crippen molar-refractivity contribution in [1.82, 2.24) is 10.2 Å². The molecule has 1 N–H and O–H groups in total. The van der Waals surface area contributed by atoms with Crippen LogP contribution in [-0.2, 0) is 4.74 Å². The summed E-state index contributed by atoms with van der Waals surface area (Å²) in [4.78, 5) is 2.52. The monoisotopic (exact) mass is 276 g/mol. The van der Waals surface area contributed by atoms with Gasteiger partial charge in [0.1, 0.15) is 12.4 Å². The predicted octanol–water partition coefficient (Wildman–Crippen LogP) is 1.82. The van der Waals surface area contributed by atoms with Crippen LogP contribution in [0.2, 0.25) is 0 Å². The molecule has 1 aromatic carbocycles. The minimum Gasteiger partial charge on any atom is -0.492 e. The lowest BCUT2D eigenvalue weighted by atomic mass is 9.93. The van der Waals surface area contributed by atoms with Gasteiger partial charge in [-0.25, -0.2) is 0 Å². The molecular weight excluding hydrogens is 252 g/mol. The number of nitrogens with one attached hydrogen (secondary N) is 1. The van der Waals surface area contributed by atoms with E-state index in [-0.39, 0.29) is 0 Å². The molecule has 0 saturated carbocycles. The number of rotatable bonds is 3. The normalized spacial score (nSPS) is 30.6. The second kappa shape index (κ2) is 6.12. The Balaban J connectivity index is 1.80. The van der Waals surface area contributed by atoms with Crippen LogP contribution in [0.15, 0.2) is 24.3 Å². The van der Waals surface area contributed by atoms with Crippen LogP contribution < -0.4 is 10.1 Å². The zero-order chi connectivity index (χ0) is 13.9. The summed E-state index contributed by atoms with van der Waals surface area (Å²) in [6, 6.07) is 9.06. The SMILES string of the molecule is CNC1c2ccccc2OCC1N1CCCC(OC)C1. The molecular formula is C16H24N2O2. The fourth-order valence-corrected chi connectivity index (χ4v) is 3.47. The number of ether oxygens (including phenoxy) is 2. The number of methoxy groups -OCH3 is 1. The van der Waals surface area contributed by atoms with Crippen LogP contribution in [0.5, 0.6) is 5.75 Å². The van der Waals surface area contributed by atoms with Gasteiger partial charge in [0.2, 0.25) is 0 Å². The molecule has 4 nitrogen and oxygen atoms in total. The van der Waals surface area contributed by atoms with Crippen molar-refractivity contribution in [3.8, 4) is 5.75 Å². The van der Waals surface area contributed by atoms with Gasteiger partial charge in [-0.1, -0.05) is 18.2 Å². The van der Waals surface area contributed by atoms with Crippen molar-refractivity contribution in [3.05, 3.63) is 29.8 Å². The number of likely N-dealkylation sites (tertiary alicyclic amines) is 1. The summed E-state index contributed by atoms with van der Waals surface area (Å²) in [6.07, 6.45) is 2.73. The van der Waals surface area contributed by atoms with Crippen molar-refractivity contribution in [2.75, 3.05) is 33.9 Å². The number of benzene rings is 1. The van der Waals surface area contributed by atoms with Crippen molar-refractivity contribution < 1.29 is 9.47 Å². The Labute approximate surface area is 121 Å². The summed E-state index contributed by atoms with van der Waals surface area (Å²) < 4.78 is 11.5. The summed E-state index contributed by atoms with van der Waals surface area (Å²) in [6.45, 7) is 2.89. The smallest absolute Gasteiger partial charge is 0.124 e. The number of fused-ring (bicyclic) bond motifs is 1. The number of para-hydroxylation sites is 1. The summed E-state index contributed by atoms with van der Waals surface area (Å²) in [5, 5.41) is 3.48. The van der Waals surface area contributed by atoms with E-state index in [2.05, 4.69) is 28.4 Å². The van der Waals surface area contributed by atoms with Crippen LogP contribution in [0.3, 0.4) is 0 Å². The van der Waals surface area contributed by atoms with E-state index < -0.39 is 0 Å². The Morgan fingerprint density at radius 3 is 3.00 bits per heavy atom. The Kier molecular flexibility index (Phi) is 4.24. The number of likely N-dealkylation sites (N-methyl/N-ethyl adjacent to an activating group) is 1. The third kappa shape index (κ3) is 2.55. The standard InChI is InChI=1S/C16H24N2O2/c1-17-16-13-7-3-4-8-15(13)20-11-14(16)18-9-5-6-12(10-18)19-2/h3-4,7-8,12,14,16-17H,5-6,9-11H2,1-2H3. The topological polar surface area (TPSA) is 33.7 Å². The third-order valence-corrected chi connectivity index (χ3v) is 4.57. The summed E-state index contributed by atoms with van der Waals surface area (Å²) in [5.74, 6) is 1.02. The zero-order valence-corrected chi connectivity index (χ0v) is 12.3. The quantitative estimate of drug-likeness (QED) is 0.913. The molecule has 3 rings (SSSR count). The second-order valence-electron chi connectivity index (χ2n) is 5.68. The molecule has 0 aliphatic carbocycles. The first-order valence-corrected chi connectivity index (χ1v) is 7.49. The molecule has 4 heteroatoms. The molecule has 20 heavy (non-hydrogen) atoms. The van der Waals surface area contributed by atoms with Crippen molar-refractivity contribution >= 4 is 0 Å². The van der Waals surface area contributed by atoms with Crippen molar-refractivity contribution in [2.24, 2.45) is 0 Å². The molecule has 1 aromatic rings. The first-order chi connectivity index (χ1) is 9.83. The van der Waals surface area contributed by atoms with Gasteiger partial charge in [0, 0.05) is 19.2 Å². The fourth-order valence-electron chi connectivity index (χ4n) is 3.47. The van der Waals surface area contributed by atoms with E-state index in [9.17, 15) is 0 Å². The molecule has 2 heterocycles. The Bertz CT molecular complexity index is 452. The second-order valence-corrected chi connectivity index (χ2v) is 5.68. The van der Waals surface area contributed by atoms with Crippen molar-refractivity contribution in [1.29, 1.82) is 0 Å². The molecule has 2 aliphatic rings. The van der Waals surface area contributed by atoms with Crippen LogP contribution in [0.1, 0.15) is 24.4 Å². The van der Waals surface area contributed by atoms with E-state index in [0.29, 0.717) is 18.2 Å². The maximum absolute atomic E-state index is 5.97. The van der Waals surface area contributed by atoms with Gasteiger partial charge in [-0.3, -0.25) is 4.90 Å². The van der Waals surface area contributed by atoms with Gasteiger partial charge < -0.3 is 14.8 Å². The summed E-state index contributed by atoms with van der Waals surface area (Å²) in [7, 11) is 3.86. The van der Waals surface area contributed by atoms with Gasteiger partial charge in [0.25, 0.3) is 0 Å². The molecule has 0 spiro atoms. The molecule has 0 bridgehead atoms. The van der Waals surface area contributed by atoms with Crippen LogP contribution in [0.4, 0.5) is 0 Å². The molecule has 0 radical (unpaired) electrons. The van der Waals surface area contributed by atoms with E-state index in [1.165, 1.54) is 18.4 Å². The highest BCUT2D eigenvalue weighted by Crippen LogP contribution is 2.34. The Morgan fingerprint density at radius 1 is 1.35 bits per heavy atom. The number of hydrogen-bond donors (Lipinski definition) is 1. The lowest BCUT2D eigenvalue weighted by Gasteiger charge is -2.43. The minimum atomic E-state index is 0.329. The van der Waals surface area contributed by atoms with E-state index in [4.69, 9.17) is 9.47 Å². The van der Waals surface area contributed by atoms with Gasteiger partial charge >= 0.3 is 0 Å². The highest BCUT2D eigenvalue weighted by molar-refractivity contribution is 5.38. The number of piperidine rings is 1. The van der Waals surface area contributed by atoms with Crippen LogP contribution in [0.25, 0.3) is 0 Å². The average molecular weight is 276 g/mol. The van der Waals surface area contributed by atoms with E-state index in [0.717, 1.165) is 25.4 Å². The van der Waals surface area contributed by atoms with Crippen LogP contribution >= 0.6 is 0 Å². The lowest BCUT2D eigenvalue weighted by Crippen LogP contribution is -2.53. The molecule has 0 aromatic heterocycles. The minimum absolute atomic E-state index is 0.329. The van der Waals surface area contributed by atoms with E-state index in [1.54, 1.807) is 0 Å². The van der Waals surface area contributed by atoms with Crippen molar-refractivity contribution in [3.63, 3.8) is 0 Å². The van der Waals surface area contributed by atoms with Gasteiger partial charge in [0.15, 0.2) is 0 Å². The molecule has 110 valence electrons. The van der Waals surface area contributed by atoms with Crippen LogP contribution in [-0.4, -0.2) is 50.9 Å². The summed E-state index contributed by atoms with van der Waals surface area (Å²) in [5.41, 5.74) is 1.27. The number of nitrogens with zero attached hydrogens (tertiary/aromatic N) is 1. The fraction of sp³-hybridized carbons (Fsp3) is 0.625. The highest BCUT2D eigenvalue weighted by Gasteiger charge is 2.36. The van der Waals surface area contributed by atoms with E-state index in [1.807, 2.05) is 20.2 Å². The van der Waals surface area contributed by atoms with Crippen molar-refractivity contribution in [2.45, 2.75) is 31.0 Å². The number of hydrogen-bond acceptors (Lipinski definition) is 4. The van der Waals surface area contributed by atoms with Gasteiger partial charge in [0.05, 0.1) is 18.2 Å².